The second kappa shape index (κ2) is 4.57. The molecule has 0 saturated carbocycles. The topological polar surface area (TPSA) is 38.2 Å². The third-order valence-corrected chi connectivity index (χ3v) is 2.72. The highest BCUT2D eigenvalue weighted by molar-refractivity contribution is 5.36. The predicted molar refractivity (Wildman–Crippen MR) is 58.8 cm³/mol. The Labute approximate surface area is 90.3 Å². The van der Waals surface area contributed by atoms with E-state index in [4.69, 9.17) is 4.74 Å². The summed E-state index contributed by atoms with van der Waals surface area (Å²) >= 11 is 0. The molecule has 82 valence electrons. The molecule has 1 aliphatic rings. The number of ether oxygens (including phenoxy) is 1. The van der Waals surface area contributed by atoms with Crippen LogP contribution in [-0.4, -0.2) is 36.0 Å². The summed E-state index contributed by atoms with van der Waals surface area (Å²) in [6.07, 6.45) is 2.00. The summed E-state index contributed by atoms with van der Waals surface area (Å²) in [6, 6.07) is 3.91. The molecule has 0 aliphatic carbocycles. The molecule has 4 heteroatoms. The van der Waals surface area contributed by atoms with Gasteiger partial charge in [0.15, 0.2) is 5.82 Å². The molecule has 2 heterocycles. The van der Waals surface area contributed by atoms with Crippen LogP contribution in [-0.2, 0) is 4.74 Å². The Kier molecular flexibility index (Phi) is 3.16. The molecule has 1 aliphatic heterocycles. The summed E-state index contributed by atoms with van der Waals surface area (Å²) < 4.78 is 5.70. The largest absolute Gasteiger partial charge is 0.374 e. The minimum atomic E-state index is 0.306. The van der Waals surface area contributed by atoms with Gasteiger partial charge < -0.3 is 9.64 Å². The van der Waals surface area contributed by atoms with Crippen LogP contribution in [0, 0.1) is 5.92 Å². The molecule has 0 N–H and O–H groups in total. The zero-order chi connectivity index (χ0) is 10.7. The number of anilines is 1. The van der Waals surface area contributed by atoms with Gasteiger partial charge in [-0.2, -0.15) is 5.10 Å². The lowest BCUT2D eigenvalue weighted by Crippen LogP contribution is -2.45. The van der Waals surface area contributed by atoms with Gasteiger partial charge in [-0.05, 0) is 18.1 Å². The first-order valence-corrected chi connectivity index (χ1v) is 5.41. The molecule has 1 fully saturated rings. The van der Waals surface area contributed by atoms with E-state index in [0.29, 0.717) is 12.0 Å². The van der Waals surface area contributed by atoms with Gasteiger partial charge >= 0.3 is 0 Å². The Morgan fingerprint density at radius 2 is 2.40 bits per heavy atom. The molecule has 0 unspecified atom stereocenters. The van der Waals surface area contributed by atoms with Crippen LogP contribution in [0.4, 0.5) is 5.82 Å². The summed E-state index contributed by atoms with van der Waals surface area (Å²) in [5.41, 5.74) is 0. The van der Waals surface area contributed by atoms with Crippen LogP contribution in [0.15, 0.2) is 18.3 Å². The van der Waals surface area contributed by atoms with E-state index >= 15 is 0 Å². The van der Waals surface area contributed by atoms with Crippen LogP contribution < -0.4 is 4.90 Å². The molecule has 4 nitrogen and oxygen atoms in total. The third-order valence-electron chi connectivity index (χ3n) is 2.72. The summed E-state index contributed by atoms with van der Waals surface area (Å²) in [5.74, 6) is 1.50. The first-order valence-electron chi connectivity index (χ1n) is 5.41. The minimum Gasteiger partial charge on any atom is -0.374 e. The van der Waals surface area contributed by atoms with Gasteiger partial charge in [0, 0.05) is 19.3 Å². The van der Waals surface area contributed by atoms with Crippen molar-refractivity contribution >= 4 is 5.82 Å². The second-order valence-corrected chi connectivity index (χ2v) is 4.18. The van der Waals surface area contributed by atoms with E-state index in [1.807, 2.05) is 12.1 Å². The van der Waals surface area contributed by atoms with Crippen molar-refractivity contribution in [3.8, 4) is 0 Å². The van der Waals surface area contributed by atoms with E-state index in [-0.39, 0.29) is 0 Å². The van der Waals surface area contributed by atoms with Crippen LogP contribution in [0.25, 0.3) is 0 Å². The second-order valence-electron chi connectivity index (χ2n) is 4.18. The first-order chi connectivity index (χ1) is 7.27. The lowest BCUT2D eigenvalue weighted by Gasteiger charge is -2.35. The number of aromatic nitrogens is 2. The SMILES string of the molecule is CC(C)[C@H]1CN(c2cccnn2)CCO1. The predicted octanol–water partition coefficient (Wildman–Crippen LogP) is 1.34. The lowest BCUT2D eigenvalue weighted by atomic mass is 10.1. The maximum atomic E-state index is 5.70. The Balaban J connectivity index is 2.05. The van der Waals surface area contributed by atoms with E-state index in [2.05, 4.69) is 28.9 Å². The van der Waals surface area contributed by atoms with Crippen molar-refractivity contribution < 1.29 is 4.74 Å². The molecule has 0 bridgehead atoms. The summed E-state index contributed by atoms with van der Waals surface area (Å²) in [6.45, 7) is 6.97. The highest BCUT2D eigenvalue weighted by atomic mass is 16.5. The summed E-state index contributed by atoms with van der Waals surface area (Å²) in [5, 5.41) is 8.01. The first kappa shape index (κ1) is 10.4. The van der Waals surface area contributed by atoms with Crippen molar-refractivity contribution in [3.63, 3.8) is 0 Å². The molecule has 0 radical (unpaired) electrons. The molecule has 1 aromatic heterocycles. The zero-order valence-corrected chi connectivity index (χ0v) is 9.26. The quantitative estimate of drug-likeness (QED) is 0.733. The number of hydrogen-bond donors (Lipinski definition) is 0. The fourth-order valence-electron chi connectivity index (χ4n) is 1.75. The average Bonchev–Trinajstić information content (AvgIpc) is 2.30. The van der Waals surface area contributed by atoms with Crippen LogP contribution >= 0.6 is 0 Å². The average molecular weight is 207 g/mol. The maximum absolute atomic E-state index is 5.70. The fraction of sp³-hybridized carbons (Fsp3) is 0.636. The molecule has 0 amide bonds. The van der Waals surface area contributed by atoms with Crippen molar-refractivity contribution in [1.82, 2.24) is 10.2 Å². The van der Waals surface area contributed by atoms with Gasteiger partial charge in [0.05, 0.1) is 12.7 Å². The van der Waals surface area contributed by atoms with Gasteiger partial charge in [-0.25, -0.2) is 0 Å². The molecule has 1 saturated heterocycles. The van der Waals surface area contributed by atoms with Gasteiger partial charge in [0.2, 0.25) is 0 Å². The molecule has 1 atom stereocenters. The van der Waals surface area contributed by atoms with E-state index < -0.39 is 0 Å². The monoisotopic (exact) mass is 207 g/mol. The standard InChI is InChI=1S/C11H17N3O/c1-9(2)10-8-14(6-7-15-10)11-4-3-5-12-13-11/h3-5,9-10H,6-8H2,1-2H3/t10-/m1/s1. The summed E-state index contributed by atoms with van der Waals surface area (Å²) in [4.78, 5) is 2.24. The molecule has 1 aromatic rings. The van der Waals surface area contributed by atoms with Gasteiger partial charge in [0.1, 0.15) is 0 Å². The normalized spacial score (nSPS) is 22.1. The van der Waals surface area contributed by atoms with E-state index in [9.17, 15) is 0 Å². The summed E-state index contributed by atoms with van der Waals surface area (Å²) in [7, 11) is 0. The molecule has 0 spiro atoms. The molecular weight excluding hydrogens is 190 g/mol. The highest BCUT2D eigenvalue weighted by Gasteiger charge is 2.23. The van der Waals surface area contributed by atoms with Gasteiger partial charge in [-0.3, -0.25) is 0 Å². The maximum Gasteiger partial charge on any atom is 0.151 e. The Hall–Kier alpha value is -1.16. The van der Waals surface area contributed by atoms with E-state index in [0.717, 1.165) is 25.5 Å². The molecular formula is C11H17N3O. The third kappa shape index (κ3) is 2.45. The smallest absolute Gasteiger partial charge is 0.151 e. The van der Waals surface area contributed by atoms with Crippen molar-refractivity contribution in [2.45, 2.75) is 20.0 Å². The minimum absolute atomic E-state index is 0.306. The Bertz CT molecular complexity index is 302. The highest BCUT2D eigenvalue weighted by Crippen LogP contribution is 2.17. The van der Waals surface area contributed by atoms with Crippen molar-refractivity contribution in [2.24, 2.45) is 5.92 Å². The van der Waals surface area contributed by atoms with Gasteiger partial charge in [-0.15, -0.1) is 5.10 Å². The van der Waals surface area contributed by atoms with Crippen LogP contribution in [0.1, 0.15) is 13.8 Å². The van der Waals surface area contributed by atoms with Crippen LogP contribution in [0.5, 0.6) is 0 Å². The van der Waals surface area contributed by atoms with Crippen molar-refractivity contribution in [3.05, 3.63) is 18.3 Å². The molecule has 2 rings (SSSR count). The Morgan fingerprint density at radius 1 is 1.53 bits per heavy atom. The van der Waals surface area contributed by atoms with Gasteiger partial charge in [0.25, 0.3) is 0 Å². The number of nitrogens with zero attached hydrogens (tertiary/aromatic N) is 3. The van der Waals surface area contributed by atoms with Crippen molar-refractivity contribution in [1.29, 1.82) is 0 Å². The number of rotatable bonds is 2. The Morgan fingerprint density at radius 3 is 3.07 bits per heavy atom. The van der Waals surface area contributed by atoms with E-state index in [1.54, 1.807) is 6.20 Å². The molecule has 15 heavy (non-hydrogen) atoms. The number of morpholine rings is 1. The van der Waals surface area contributed by atoms with Crippen LogP contribution in [0.2, 0.25) is 0 Å². The molecule has 0 aromatic carbocycles. The fourth-order valence-corrected chi connectivity index (χ4v) is 1.75. The number of hydrogen-bond acceptors (Lipinski definition) is 4. The van der Waals surface area contributed by atoms with Crippen LogP contribution in [0.3, 0.4) is 0 Å². The lowest BCUT2D eigenvalue weighted by molar-refractivity contribution is 0.0111. The van der Waals surface area contributed by atoms with E-state index in [1.165, 1.54) is 0 Å². The van der Waals surface area contributed by atoms with Gasteiger partial charge in [-0.1, -0.05) is 13.8 Å². The van der Waals surface area contributed by atoms with Crippen molar-refractivity contribution in [2.75, 3.05) is 24.6 Å². The zero-order valence-electron chi connectivity index (χ0n) is 9.26.